The maximum absolute atomic E-state index is 13.4. The molecule has 0 aliphatic carbocycles. The minimum absolute atomic E-state index is 0.273. The largest absolute Gasteiger partial charge is 0.490 e. The molecule has 0 amide bonds. The van der Waals surface area contributed by atoms with E-state index in [0.717, 1.165) is 11.1 Å². The van der Waals surface area contributed by atoms with E-state index < -0.39 is 0 Å². The van der Waals surface area contributed by atoms with Crippen molar-refractivity contribution in [3.05, 3.63) is 123 Å². The maximum atomic E-state index is 13.4. The van der Waals surface area contributed by atoms with E-state index in [1.165, 1.54) is 4.68 Å². The number of aromatic nitrogens is 2. The van der Waals surface area contributed by atoms with Gasteiger partial charge < -0.3 is 9.47 Å². The summed E-state index contributed by atoms with van der Waals surface area (Å²) in [5.74, 6) is 1.34. The Kier molecular flexibility index (Phi) is 7.73. The second-order valence-corrected chi connectivity index (χ2v) is 9.20. The van der Waals surface area contributed by atoms with Gasteiger partial charge in [0.1, 0.15) is 6.61 Å². The average molecular weight is 544 g/mol. The summed E-state index contributed by atoms with van der Waals surface area (Å²) in [5, 5.41) is 6.01. The van der Waals surface area contributed by atoms with E-state index in [4.69, 9.17) is 37.7 Å². The number of nitrogens with zero attached hydrogens (tertiary/aromatic N) is 3. The lowest BCUT2D eigenvalue weighted by Gasteiger charge is -2.15. The van der Waals surface area contributed by atoms with Crippen LogP contribution in [0.3, 0.4) is 0 Å². The number of rotatable bonds is 8. The third-order valence-electron chi connectivity index (χ3n) is 5.74. The zero-order chi connectivity index (χ0) is 26.5. The van der Waals surface area contributed by atoms with Crippen LogP contribution in [-0.2, 0) is 6.61 Å². The number of para-hydroxylation sites is 1. The van der Waals surface area contributed by atoms with Gasteiger partial charge >= 0.3 is 0 Å². The molecule has 0 saturated heterocycles. The van der Waals surface area contributed by atoms with Gasteiger partial charge in [0, 0.05) is 10.6 Å². The SMILES string of the molecule is CCOc1cc(C=Nn2c(-c3ccccc3)nc3ccccc3c2=O)cc(Cl)c1OCc1ccc(Cl)cc1. The first-order valence-electron chi connectivity index (χ1n) is 12.0. The number of ether oxygens (including phenoxy) is 2. The Morgan fingerprint density at radius 1 is 0.921 bits per heavy atom. The average Bonchev–Trinajstić information content (AvgIpc) is 2.93. The molecule has 0 unspecified atom stereocenters. The predicted octanol–water partition coefficient (Wildman–Crippen LogP) is 7.23. The van der Waals surface area contributed by atoms with Crippen molar-refractivity contribution in [1.82, 2.24) is 9.66 Å². The van der Waals surface area contributed by atoms with Gasteiger partial charge in [-0.3, -0.25) is 4.79 Å². The topological polar surface area (TPSA) is 65.7 Å². The highest BCUT2D eigenvalue weighted by atomic mass is 35.5. The summed E-state index contributed by atoms with van der Waals surface area (Å²) < 4.78 is 13.1. The summed E-state index contributed by atoms with van der Waals surface area (Å²) in [6, 6.07) is 27.5. The van der Waals surface area contributed by atoms with Gasteiger partial charge in [-0.25, -0.2) is 4.98 Å². The van der Waals surface area contributed by atoms with Gasteiger partial charge in [-0.1, -0.05) is 77.8 Å². The minimum atomic E-state index is -0.273. The molecule has 0 fully saturated rings. The van der Waals surface area contributed by atoms with Gasteiger partial charge in [0.15, 0.2) is 17.3 Å². The van der Waals surface area contributed by atoms with Crippen LogP contribution < -0.4 is 15.0 Å². The van der Waals surface area contributed by atoms with E-state index in [2.05, 4.69) is 5.10 Å². The van der Waals surface area contributed by atoms with Crippen LogP contribution in [0, 0.1) is 0 Å². The summed E-state index contributed by atoms with van der Waals surface area (Å²) in [4.78, 5) is 18.1. The van der Waals surface area contributed by atoms with Crippen molar-refractivity contribution in [3.8, 4) is 22.9 Å². The normalized spacial score (nSPS) is 11.2. The monoisotopic (exact) mass is 543 g/mol. The Morgan fingerprint density at radius 2 is 1.66 bits per heavy atom. The van der Waals surface area contributed by atoms with Gasteiger partial charge in [-0.2, -0.15) is 9.78 Å². The van der Waals surface area contributed by atoms with E-state index in [1.54, 1.807) is 42.6 Å². The molecule has 0 bridgehead atoms. The summed E-state index contributed by atoms with van der Waals surface area (Å²) in [7, 11) is 0. The van der Waals surface area contributed by atoms with E-state index in [0.29, 0.717) is 57.0 Å². The maximum Gasteiger partial charge on any atom is 0.282 e. The second-order valence-electron chi connectivity index (χ2n) is 8.36. The van der Waals surface area contributed by atoms with Gasteiger partial charge in [-0.15, -0.1) is 0 Å². The highest BCUT2D eigenvalue weighted by molar-refractivity contribution is 6.32. The van der Waals surface area contributed by atoms with Crippen LogP contribution in [0.25, 0.3) is 22.3 Å². The molecule has 190 valence electrons. The molecule has 0 radical (unpaired) electrons. The lowest BCUT2D eigenvalue weighted by molar-refractivity contribution is 0.269. The molecule has 1 heterocycles. The van der Waals surface area contributed by atoms with Crippen molar-refractivity contribution in [2.45, 2.75) is 13.5 Å². The molecular formula is C30H23Cl2N3O3. The lowest BCUT2D eigenvalue weighted by Crippen LogP contribution is -2.20. The smallest absolute Gasteiger partial charge is 0.282 e. The molecule has 0 aliphatic rings. The molecule has 5 rings (SSSR count). The van der Waals surface area contributed by atoms with Gasteiger partial charge in [-0.05, 0) is 54.4 Å². The Balaban J connectivity index is 1.52. The van der Waals surface area contributed by atoms with E-state index >= 15 is 0 Å². The molecular weight excluding hydrogens is 521 g/mol. The van der Waals surface area contributed by atoms with E-state index in [1.807, 2.05) is 61.5 Å². The van der Waals surface area contributed by atoms with E-state index in [-0.39, 0.29) is 5.56 Å². The van der Waals surface area contributed by atoms with Crippen molar-refractivity contribution in [2.24, 2.45) is 5.10 Å². The van der Waals surface area contributed by atoms with Crippen molar-refractivity contribution in [3.63, 3.8) is 0 Å². The number of fused-ring (bicyclic) bond motifs is 1. The van der Waals surface area contributed by atoms with Crippen LogP contribution in [0.15, 0.2) is 101 Å². The number of halogens is 2. The highest BCUT2D eigenvalue weighted by Crippen LogP contribution is 2.37. The molecule has 4 aromatic carbocycles. The molecule has 0 N–H and O–H groups in total. The summed E-state index contributed by atoms with van der Waals surface area (Å²) in [6.07, 6.45) is 1.56. The Hall–Kier alpha value is -4.13. The fourth-order valence-corrected chi connectivity index (χ4v) is 4.33. The number of hydrogen-bond donors (Lipinski definition) is 0. The Labute approximate surface area is 229 Å². The number of hydrogen-bond acceptors (Lipinski definition) is 5. The summed E-state index contributed by atoms with van der Waals surface area (Å²) >= 11 is 12.6. The molecule has 0 atom stereocenters. The fourth-order valence-electron chi connectivity index (χ4n) is 3.93. The van der Waals surface area contributed by atoms with Crippen molar-refractivity contribution in [1.29, 1.82) is 0 Å². The Morgan fingerprint density at radius 3 is 2.42 bits per heavy atom. The third kappa shape index (κ3) is 5.57. The first kappa shape index (κ1) is 25.5. The summed E-state index contributed by atoms with van der Waals surface area (Å²) in [5.41, 5.74) is 2.68. The zero-order valence-electron chi connectivity index (χ0n) is 20.5. The van der Waals surface area contributed by atoms with E-state index in [9.17, 15) is 4.79 Å². The second kappa shape index (κ2) is 11.5. The first-order chi connectivity index (χ1) is 18.5. The molecule has 5 aromatic rings. The van der Waals surface area contributed by atoms with Gasteiger partial charge in [0.25, 0.3) is 5.56 Å². The molecule has 8 heteroatoms. The van der Waals surface area contributed by atoms with Crippen LogP contribution in [-0.4, -0.2) is 22.5 Å². The molecule has 1 aromatic heterocycles. The first-order valence-corrected chi connectivity index (χ1v) is 12.7. The molecule has 0 aliphatic heterocycles. The minimum Gasteiger partial charge on any atom is -0.490 e. The molecule has 0 spiro atoms. The molecule has 6 nitrogen and oxygen atoms in total. The predicted molar refractivity (Wildman–Crippen MR) is 153 cm³/mol. The van der Waals surface area contributed by atoms with Crippen LogP contribution in [0.4, 0.5) is 0 Å². The fraction of sp³-hybridized carbons (Fsp3) is 0.100. The van der Waals surface area contributed by atoms with Gasteiger partial charge in [0.2, 0.25) is 0 Å². The van der Waals surface area contributed by atoms with Crippen molar-refractivity contribution in [2.75, 3.05) is 6.61 Å². The van der Waals surface area contributed by atoms with Crippen LogP contribution in [0.2, 0.25) is 10.0 Å². The molecule has 38 heavy (non-hydrogen) atoms. The molecule has 0 saturated carbocycles. The van der Waals surface area contributed by atoms with Crippen molar-refractivity contribution >= 4 is 40.3 Å². The Bertz CT molecular complexity index is 1670. The number of benzene rings is 4. The lowest BCUT2D eigenvalue weighted by atomic mass is 10.2. The quantitative estimate of drug-likeness (QED) is 0.193. The van der Waals surface area contributed by atoms with Crippen LogP contribution in [0.1, 0.15) is 18.1 Å². The van der Waals surface area contributed by atoms with Crippen LogP contribution >= 0.6 is 23.2 Å². The summed E-state index contributed by atoms with van der Waals surface area (Å²) in [6.45, 7) is 2.59. The van der Waals surface area contributed by atoms with Crippen molar-refractivity contribution < 1.29 is 9.47 Å². The van der Waals surface area contributed by atoms with Gasteiger partial charge in [0.05, 0.1) is 28.7 Å². The van der Waals surface area contributed by atoms with Crippen LogP contribution in [0.5, 0.6) is 11.5 Å². The standard InChI is InChI=1S/C30H23Cl2N3O3/c1-2-37-27-17-21(16-25(32)28(27)38-19-20-12-14-23(31)15-13-20)18-33-35-29(22-8-4-3-5-9-22)34-26-11-7-6-10-24(26)30(35)36/h3-18H,2,19H2,1H3. The third-order valence-corrected chi connectivity index (χ3v) is 6.27. The highest BCUT2D eigenvalue weighted by Gasteiger charge is 2.15. The zero-order valence-corrected chi connectivity index (χ0v) is 22.0.